The lowest BCUT2D eigenvalue weighted by molar-refractivity contribution is -0.137. The molecule has 1 rings (SSSR count). The van der Waals surface area contributed by atoms with E-state index in [0.717, 1.165) is 6.42 Å². The van der Waals surface area contributed by atoms with E-state index in [2.05, 4.69) is 10.6 Å². The molecule has 0 saturated heterocycles. The average molecular weight is 308 g/mol. The number of rotatable bonds is 8. The summed E-state index contributed by atoms with van der Waals surface area (Å²) in [5.74, 6) is -0.267. The molecule has 1 aromatic carbocycles. The van der Waals surface area contributed by atoms with Crippen molar-refractivity contribution in [1.29, 1.82) is 0 Å². The number of benzene rings is 1. The van der Waals surface area contributed by atoms with Crippen molar-refractivity contribution >= 4 is 17.7 Å². The van der Waals surface area contributed by atoms with Crippen LogP contribution in [0.4, 0.5) is 10.5 Å². The van der Waals surface area contributed by atoms with Gasteiger partial charge >= 0.3 is 12.0 Å². The Bertz CT molecular complexity index is 515. The molecule has 3 N–H and O–H groups in total. The Morgan fingerprint density at radius 2 is 1.95 bits per heavy atom. The van der Waals surface area contributed by atoms with Crippen molar-refractivity contribution in [2.75, 3.05) is 11.9 Å². The molecule has 0 bridgehead atoms. The van der Waals surface area contributed by atoms with E-state index in [1.54, 1.807) is 26.0 Å². The van der Waals surface area contributed by atoms with E-state index in [0.29, 0.717) is 24.5 Å². The molecule has 0 aliphatic carbocycles. The Hall–Kier alpha value is -2.24. The number of hydrogen-bond acceptors (Lipinski definition) is 3. The first kappa shape index (κ1) is 17.8. The molecule has 0 fully saturated rings. The average Bonchev–Trinajstić information content (AvgIpc) is 2.44. The molecule has 6 nitrogen and oxygen atoms in total. The molecule has 122 valence electrons. The molecular formula is C16H24N2O4. The van der Waals surface area contributed by atoms with Crippen LogP contribution in [0.5, 0.6) is 5.75 Å². The number of carbonyl (C=O) groups excluding carboxylic acids is 1. The van der Waals surface area contributed by atoms with Gasteiger partial charge < -0.3 is 20.5 Å². The molecule has 1 aromatic rings. The second kappa shape index (κ2) is 8.26. The highest BCUT2D eigenvalue weighted by Gasteiger charge is 2.22. The van der Waals surface area contributed by atoms with Gasteiger partial charge in [0.05, 0.1) is 12.3 Å². The Labute approximate surface area is 130 Å². The number of nitrogens with one attached hydrogen (secondary N) is 2. The molecule has 0 radical (unpaired) electrons. The van der Waals surface area contributed by atoms with Crippen LogP contribution in [-0.4, -0.2) is 29.3 Å². The summed E-state index contributed by atoms with van der Waals surface area (Å²) in [7, 11) is 0. The fourth-order valence-corrected chi connectivity index (χ4v) is 1.85. The predicted octanol–water partition coefficient (Wildman–Crippen LogP) is 3.24. The zero-order chi connectivity index (χ0) is 16.6. The van der Waals surface area contributed by atoms with Gasteiger partial charge in [-0.2, -0.15) is 0 Å². The van der Waals surface area contributed by atoms with Crippen molar-refractivity contribution in [2.45, 2.75) is 45.6 Å². The van der Waals surface area contributed by atoms with Gasteiger partial charge in [-0.25, -0.2) is 4.79 Å². The van der Waals surface area contributed by atoms with Crippen molar-refractivity contribution in [3.8, 4) is 5.75 Å². The molecule has 6 heteroatoms. The first-order valence-corrected chi connectivity index (χ1v) is 7.37. The Kier molecular flexibility index (Phi) is 6.69. The summed E-state index contributed by atoms with van der Waals surface area (Å²) in [6.45, 7) is 6.15. The van der Waals surface area contributed by atoms with Crippen LogP contribution >= 0.6 is 0 Å². The zero-order valence-electron chi connectivity index (χ0n) is 13.3. The summed E-state index contributed by atoms with van der Waals surface area (Å²) < 4.78 is 5.58. The second-order valence-electron chi connectivity index (χ2n) is 5.70. The number of carboxylic acids is 1. The standard InChI is InChI=1S/C16H24N2O4/c1-4-11-22-13-8-6-5-7-12(13)17-15(21)18-16(2,3)10-9-14(19)20/h5-8H,4,9-11H2,1-3H3,(H,19,20)(H2,17,18,21). The number of urea groups is 1. The van der Waals surface area contributed by atoms with Crippen molar-refractivity contribution < 1.29 is 19.4 Å². The van der Waals surface area contributed by atoms with Crippen LogP contribution in [0.25, 0.3) is 0 Å². The summed E-state index contributed by atoms with van der Waals surface area (Å²) in [6.07, 6.45) is 1.23. The summed E-state index contributed by atoms with van der Waals surface area (Å²) in [4.78, 5) is 22.7. The smallest absolute Gasteiger partial charge is 0.319 e. The van der Waals surface area contributed by atoms with Gasteiger partial charge in [-0.3, -0.25) is 4.79 Å². The highest BCUT2D eigenvalue weighted by atomic mass is 16.5. The number of anilines is 1. The second-order valence-corrected chi connectivity index (χ2v) is 5.70. The maximum Gasteiger partial charge on any atom is 0.319 e. The number of amides is 2. The van der Waals surface area contributed by atoms with E-state index in [9.17, 15) is 9.59 Å². The van der Waals surface area contributed by atoms with Gasteiger partial charge in [0.25, 0.3) is 0 Å². The third kappa shape index (κ3) is 6.47. The molecule has 2 amide bonds. The molecule has 0 unspecified atom stereocenters. The molecule has 22 heavy (non-hydrogen) atoms. The van der Waals surface area contributed by atoms with Crippen LogP contribution in [0.3, 0.4) is 0 Å². The van der Waals surface area contributed by atoms with Crippen molar-refractivity contribution in [2.24, 2.45) is 0 Å². The van der Waals surface area contributed by atoms with Gasteiger partial charge in [-0.1, -0.05) is 19.1 Å². The first-order chi connectivity index (χ1) is 10.3. The molecule has 0 heterocycles. The molecule has 0 aromatic heterocycles. The minimum atomic E-state index is -0.881. The summed E-state index contributed by atoms with van der Waals surface area (Å²) in [5, 5.41) is 14.2. The Balaban J connectivity index is 2.63. The Morgan fingerprint density at radius 1 is 1.27 bits per heavy atom. The number of aliphatic carboxylic acids is 1. The minimum Gasteiger partial charge on any atom is -0.491 e. The van der Waals surface area contributed by atoms with Gasteiger partial charge in [-0.15, -0.1) is 0 Å². The molecule has 0 spiro atoms. The molecule has 0 aliphatic heterocycles. The van der Waals surface area contributed by atoms with E-state index in [1.165, 1.54) is 0 Å². The fourth-order valence-electron chi connectivity index (χ4n) is 1.85. The third-order valence-corrected chi connectivity index (χ3v) is 3.01. The zero-order valence-corrected chi connectivity index (χ0v) is 13.3. The lowest BCUT2D eigenvalue weighted by Crippen LogP contribution is -2.45. The molecular weight excluding hydrogens is 284 g/mol. The summed E-state index contributed by atoms with van der Waals surface area (Å²) in [6, 6.07) is 6.81. The van der Waals surface area contributed by atoms with Gasteiger partial charge in [-0.05, 0) is 38.8 Å². The number of para-hydroxylation sites is 2. The van der Waals surface area contributed by atoms with E-state index in [-0.39, 0.29) is 12.5 Å². The lowest BCUT2D eigenvalue weighted by Gasteiger charge is -2.26. The minimum absolute atomic E-state index is 0.00345. The van der Waals surface area contributed by atoms with Crippen molar-refractivity contribution in [3.05, 3.63) is 24.3 Å². The third-order valence-electron chi connectivity index (χ3n) is 3.01. The van der Waals surface area contributed by atoms with Crippen LogP contribution in [0.2, 0.25) is 0 Å². The van der Waals surface area contributed by atoms with Crippen molar-refractivity contribution in [1.82, 2.24) is 5.32 Å². The topological polar surface area (TPSA) is 87.7 Å². The van der Waals surface area contributed by atoms with Gasteiger partial charge in [0, 0.05) is 12.0 Å². The van der Waals surface area contributed by atoms with Crippen LogP contribution in [0.1, 0.15) is 40.0 Å². The lowest BCUT2D eigenvalue weighted by atomic mass is 9.99. The van der Waals surface area contributed by atoms with Crippen LogP contribution in [-0.2, 0) is 4.79 Å². The number of carboxylic acid groups (broad SMARTS) is 1. The fraction of sp³-hybridized carbons (Fsp3) is 0.500. The maximum absolute atomic E-state index is 12.1. The normalized spacial score (nSPS) is 10.9. The first-order valence-electron chi connectivity index (χ1n) is 7.37. The van der Waals surface area contributed by atoms with Crippen LogP contribution in [0.15, 0.2) is 24.3 Å². The predicted molar refractivity (Wildman–Crippen MR) is 85.3 cm³/mol. The number of ether oxygens (including phenoxy) is 1. The summed E-state index contributed by atoms with van der Waals surface area (Å²) >= 11 is 0. The highest BCUT2D eigenvalue weighted by Crippen LogP contribution is 2.24. The quantitative estimate of drug-likeness (QED) is 0.688. The van der Waals surface area contributed by atoms with Crippen LogP contribution in [0, 0.1) is 0 Å². The monoisotopic (exact) mass is 308 g/mol. The number of hydrogen-bond donors (Lipinski definition) is 3. The summed E-state index contributed by atoms with van der Waals surface area (Å²) in [5.41, 5.74) is -0.0238. The number of carbonyl (C=O) groups is 2. The van der Waals surface area contributed by atoms with E-state index < -0.39 is 11.5 Å². The van der Waals surface area contributed by atoms with E-state index in [4.69, 9.17) is 9.84 Å². The van der Waals surface area contributed by atoms with Gasteiger partial charge in [0.1, 0.15) is 5.75 Å². The van der Waals surface area contributed by atoms with Crippen molar-refractivity contribution in [3.63, 3.8) is 0 Å². The van der Waals surface area contributed by atoms with Crippen LogP contribution < -0.4 is 15.4 Å². The van der Waals surface area contributed by atoms with E-state index >= 15 is 0 Å². The van der Waals surface area contributed by atoms with E-state index in [1.807, 2.05) is 19.1 Å². The SMILES string of the molecule is CCCOc1ccccc1NC(=O)NC(C)(C)CCC(=O)O. The largest absolute Gasteiger partial charge is 0.491 e. The maximum atomic E-state index is 12.1. The van der Waals surface area contributed by atoms with Gasteiger partial charge in [0.15, 0.2) is 0 Å². The molecule has 0 aliphatic rings. The Morgan fingerprint density at radius 3 is 2.59 bits per heavy atom. The van der Waals surface area contributed by atoms with Gasteiger partial charge in [0.2, 0.25) is 0 Å². The molecule has 0 atom stereocenters. The highest BCUT2D eigenvalue weighted by molar-refractivity contribution is 5.91. The molecule has 0 saturated carbocycles.